The molecule has 3 nitrogen and oxygen atoms in total. The number of furan rings is 1. The Hall–Kier alpha value is -1.39. The third-order valence-corrected chi connectivity index (χ3v) is 3.74. The number of halogens is 1. The second kappa shape index (κ2) is 5.98. The van der Waals surface area contributed by atoms with Gasteiger partial charge in [-0.15, -0.1) is 11.8 Å². The summed E-state index contributed by atoms with van der Waals surface area (Å²) in [5.74, 6) is 1.44. The number of benzene rings is 1. The molecule has 1 aromatic carbocycles. The summed E-state index contributed by atoms with van der Waals surface area (Å²) in [4.78, 5) is 10.8. The second-order valence-electron chi connectivity index (χ2n) is 3.68. The van der Waals surface area contributed by atoms with Crippen molar-refractivity contribution < 1.29 is 14.3 Å². The van der Waals surface area contributed by atoms with E-state index >= 15 is 0 Å². The molecule has 0 saturated heterocycles. The first-order valence-electron chi connectivity index (χ1n) is 5.28. The number of carboxylic acid groups (broad SMARTS) is 1. The average molecular weight is 283 g/mol. The molecule has 0 aliphatic rings. The Labute approximate surface area is 114 Å². The molecule has 5 heteroatoms. The van der Waals surface area contributed by atoms with Gasteiger partial charge in [0.15, 0.2) is 0 Å². The fourth-order valence-electron chi connectivity index (χ4n) is 1.45. The van der Waals surface area contributed by atoms with E-state index in [0.29, 0.717) is 5.02 Å². The van der Waals surface area contributed by atoms with Crippen molar-refractivity contribution in [2.75, 3.05) is 0 Å². The smallest absolute Gasteiger partial charge is 0.335 e. The highest BCUT2D eigenvalue weighted by atomic mass is 35.5. The standard InChI is InChI=1S/C13H11ClO3S/c14-12-6-9(13(15)16)3-4-10(12)7-18-8-11-2-1-5-17-11/h1-6H,7-8H2,(H,15,16). The molecule has 0 aliphatic heterocycles. The van der Waals surface area contributed by atoms with Gasteiger partial charge in [-0.2, -0.15) is 0 Å². The lowest BCUT2D eigenvalue weighted by Crippen LogP contribution is -1.96. The van der Waals surface area contributed by atoms with Gasteiger partial charge in [-0.05, 0) is 29.8 Å². The van der Waals surface area contributed by atoms with Gasteiger partial charge in [-0.25, -0.2) is 4.79 Å². The number of rotatable bonds is 5. The van der Waals surface area contributed by atoms with Gasteiger partial charge < -0.3 is 9.52 Å². The van der Waals surface area contributed by atoms with Crippen molar-refractivity contribution in [1.29, 1.82) is 0 Å². The molecule has 0 amide bonds. The van der Waals surface area contributed by atoms with Gasteiger partial charge in [0.05, 0.1) is 17.6 Å². The highest BCUT2D eigenvalue weighted by Gasteiger charge is 2.07. The third kappa shape index (κ3) is 3.31. The molecule has 2 aromatic rings. The van der Waals surface area contributed by atoms with E-state index in [0.717, 1.165) is 22.8 Å². The summed E-state index contributed by atoms with van der Waals surface area (Å²) in [6.07, 6.45) is 1.64. The van der Waals surface area contributed by atoms with Crippen LogP contribution >= 0.6 is 23.4 Å². The third-order valence-electron chi connectivity index (χ3n) is 2.38. The van der Waals surface area contributed by atoms with E-state index in [1.54, 1.807) is 30.2 Å². The van der Waals surface area contributed by atoms with Crippen LogP contribution in [0, 0.1) is 0 Å². The molecule has 2 rings (SSSR count). The quantitative estimate of drug-likeness (QED) is 0.898. The zero-order valence-electron chi connectivity index (χ0n) is 9.43. The molecule has 18 heavy (non-hydrogen) atoms. The minimum absolute atomic E-state index is 0.208. The Morgan fingerprint density at radius 2 is 2.17 bits per heavy atom. The zero-order chi connectivity index (χ0) is 13.0. The van der Waals surface area contributed by atoms with Crippen molar-refractivity contribution in [2.45, 2.75) is 11.5 Å². The Balaban J connectivity index is 1.95. The first-order valence-corrected chi connectivity index (χ1v) is 6.82. The maximum atomic E-state index is 10.8. The Bertz CT molecular complexity index is 537. The van der Waals surface area contributed by atoms with Gasteiger partial charge in [0.25, 0.3) is 0 Å². The number of carboxylic acids is 1. The maximum absolute atomic E-state index is 10.8. The van der Waals surface area contributed by atoms with E-state index in [-0.39, 0.29) is 5.56 Å². The largest absolute Gasteiger partial charge is 0.478 e. The van der Waals surface area contributed by atoms with Crippen LogP contribution in [0.15, 0.2) is 41.0 Å². The molecular formula is C13H11ClO3S. The highest BCUT2D eigenvalue weighted by Crippen LogP contribution is 2.24. The van der Waals surface area contributed by atoms with Crippen molar-refractivity contribution in [1.82, 2.24) is 0 Å². The van der Waals surface area contributed by atoms with Gasteiger partial charge in [-0.3, -0.25) is 0 Å². The van der Waals surface area contributed by atoms with Gasteiger partial charge in [0.1, 0.15) is 5.76 Å². The molecule has 1 N–H and O–H groups in total. The van der Waals surface area contributed by atoms with Crippen LogP contribution in [0.3, 0.4) is 0 Å². The summed E-state index contributed by atoms with van der Waals surface area (Å²) in [6, 6.07) is 8.57. The van der Waals surface area contributed by atoms with Gasteiger partial charge >= 0.3 is 5.97 Å². The Kier molecular flexibility index (Phi) is 4.33. The molecule has 1 heterocycles. The zero-order valence-corrected chi connectivity index (χ0v) is 11.0. The van der Waals surface area contributed by atoms with Crippen LogP contribution in [0.2, 0.25) is 5.02 Å². The van der Waals surface area contributed by atoms with Crippen LogP contribution in [0.1, 0.15) is 21.7 Å². The van der Waals surface area contributed by atoms with Crippen LogP contribution in [0.25, 0.3) is 0 Å². The van der Waals surface area contributed by atoms with Crippen LogP contribution in [0.4, 0.5) is 0 Å². The monoisotopic (exact) mass is 282 g/mol. The van der Waals surface area contributed by atoms with E-state index in [2.05, 4.69) is 0 Å². The van der Waals surface area contributed by atoms with Crippen molar-refractivity contribution in [2.24, 2.45) is 0 Å². The fourth-order valence-corrected chi connectivity index (χ4v) is 2.72. The van der Waals surface area contributed by atoms with Crippen LogP contribution in [-0.4, -0.2) is 11.1 Å². The topological polar surface area (TPSA) is 50.4 Å². The van der Waals surface area contributed by atoms with E-state index in [1.807, 2.05) is 12.1 Å². The minimum atomic E-state index is -0.966. The van der Waals surface area contributed by atoms with Gasteiger partial charge in [0.2, 0.25) is 0 Å². The first-order chi connectivity index (χ1) is 8.66. The molecular weight excluding hydrogens is 272 g/mol. The molecule has 1 aromatic heterocycles. The van der Waals surface area contributed by atoms with E-state index in [9.17, 15) is 4.79 Å². The number of hydrogen-bond acceptors (Lipinski definition) is 3. The minimum Gasteiger partial charge on any atom is -0.478 e. The number of aromatic carboxylic acids is 1. The highest BCUT2D eigenvalue weighted by molar-refractivity contribution is 7.97. The summed E-state index contributed by atoms with van der Waals surface area (Å²) >= 11 is 7.70. The summed E-state index contributed by atoms with van der Waals surface area (Å²) in [5, 5.41) is 9.31. The van der Waals surface area contributed by atoms with E-state index in [4.69, 9.17) is 21.1 Å². The molecule has 0 bridgehead atoms. The van der Waals surface area contributed by atoms with Crippen molar-refractivity contribution in [3.8, 4) is 0 Å². The van der Waals surface area contributed by atoms with Crippen LogP contribution in [0.5, 0.6) is 0 Å². The molecule has 0 saturated carbocycles. The Morgan fingerprint density at radius 3 is 2.78 bits per heavy atom. The average Bonchev–Trinajstić information content (AvgIpc) is 2.84. The number of thioether (sulfide) groups is 1. The predicted molar refractivity (Wildman–Crippen MR) is 72.1 cm³/mol. The summed E-state index contributed by atoms with van der Waals surface area (Å²) in [7, 11) is 0. The molecule has 0 spiro atoms. The second-order valence-corrected chi connectivity index (χ2v) is 5.08. The fraction of sp³-hybridized carbons (Fsp3) is 0.154. The maximum Gasteiger partial charge on any atom is 0.335 e. The lowest BCUT2D eigenvalue weighted by Gasteiger charge is -2.04. The summed E-state index contributed by atoms with van der Waals surface area (Å²) in [6.45, 7) is 0. The van der Waals surface area contributed by atoms with Crippen LogP contribution < -0.4 is 0 Å². The predicted octanol–water partition coefficient (Wildman–Crippen LogP) is 4.06. The lowest BCUT2D eigenvalue weighted by molar-refractivity contribution is 0.0697. The number of carbonyl (C=O) groups is 1. The molecule has 0 radical (unpaired) electrons. The molecule has 0 aliphatic carbocycles. The van der Waals surface area contributed by atoms with Gasteiger partial charge in [-0.1, -0.05) is 17.7 Å². The normalized spacial score (nSPS) is 10.5. The lowest BCUT2D eigenvalue weighted by atomic mass is 10.1. The van der Waals surface area contributed by atoms with E-state index in [1.165, 1.54) is 6.07 Å². The van der Waals surface area contributed by atoms with Crippen LogP contribution in [-0.2, 0) is 11.5 Å². The summed E-state index contributed by atoms with van der Waals surface area (Å²) in [5.41, 5.74) is 1.14. The van der Waals surface area contributed by atoms with E-state index < -0.39 is 5.97 Å². The van der Waals surface area contributed by atoms with Crippen molar-refractivity contribution in [3.63, 3.8) is 0 Å². The first kappa shape index (κ1) is 13.1. The van der Waals surface area contributed by atoms with Crippen molar-refractivity contribution in [3.05, 3.63) is 58.5 Å². The summed E-state index contributed by atoms with van der Waals surface area (Å²) < 4.78 is 5.22. The van der Waals surface area contributed by atoms with Crippen molar-refractivity contribution >= 4 is 29.3 Å². The SMILES string of the molecule is O=C(O)c1ccc(CSCc2ccco2)c(Cl)c1. The Morgan fingerprint density at radius 1 is 1.33 bits per heavy atom. The molecule has 0 fully saturated rings. The molecule has 0 unspecified atom stereocenters. The number of hydrogen-bond donors (Lipinski definition) is 1. The molecule has 0 atom stereocenters. The molecule has 94 valence electrons. The van der Waals surface area contributed by atoms with Gasteiger partial charge in [0, 0.05) is 10.8 Å².